The molecule has 0 atom stereocenters. The second-order valence-corrected chi connectivity index (χ2v) is 6.51. The van der Waals surface area contributed by atoms with Crippen LogP contribution < -0.4 is 10.5 Å². The van der Waals surface area contributed by atoms with Crippen LogP contribution >= 0.6 is 0 Å². The van der Waals surface area contributed by atoms with Crippen molar-refractivity contribution in [3.05, 3.63) is 46.8 Å². The normalized spacial score (nSPS) is 10.7. The number of pyridine rings is 1. The summed E-state index contributed by atoms with van der Waals surface area (Å²) in [6, 6.07) is 9.46. The number of nitriles is 1. The average Bonchev–Trinajstić information content (AvgIpc) is 2.93. The first-order valence-electron chi connectivity index (χ1n) is 8.99. The topological polar surface area (TPSA) is 110 Å². The number of nitrogens with two attached hydrogens (primary N) is 1. The van der Waals surface area contributed by atoms with E-state index >= 15 is 0 Å². The smallest absolute Gasteiger partial charge is 0.142 e. The highest BCUT2D eigenvalue weighted by Crippen LogP contribution is 2.35. The number of aromatic nitrogens is 3. The minimum absolute atomic E-state index is 0.164. The summed E-state index contributed by atoms with van der Waals surface area (Å²) >= 11 is 0. The van der Waals surface area contributed by atoms with Gasteiger partial charge in [0, 0.05) is 29.4 Å². The lowest BCUT2D eigenvalue weighted by molar-refractivity contribution is 0.267. The number of rotatable bonds is 5. The van der Waals surface area contributed by atoms with E-state index in [2.05, 4.69) is 16.2 Å². The van der Waals surface area contributed by atoms with Crippen molar-refractivity contribution in [3.8, 4) is 34.2 Å². The summed E-state index contributed by atoms with van der Waals surface area (Å²) in [5.74, 6) is 0.783. The van der Waals surface area contributed by atoms with Crippen molar-refractivity contribution in [3.63, 3.8) is 0 Å². The Bertz CT molecular complexity index is 1080. The van der Waals surface area contributed by atoms with Gasteiger partial charge in [0.15, 0.2) is 0 Å². The number of aliphatic hydroxyl groups is 1. The van der Waals surface area contributed by atoms with E-state index in [0.29, 0.717) is 34.7 Å². The van der Waals surface area contributed by atoms with Crippen LogP contribution in [0.5, 0.6) is 5.75 Å². The highest BCUT2D eigenvalue weighted by molar-refractivity contribution is 5.81. The van der Waals surface area contributed by atoms with Gasteiger partial charge < -0.3 is 15.6 Å². The van der Waals surface area contributed by atoms with Crippen molar-refractivity contribution in [1.29, 1.82) is 5.26 Å². The Morgan fingerprint density at radius 1 is 1.29 bits per heavy atom. The minimum atomic E-state index is -0.167. The molecule has 2 heterocycles. The van der Waals surface area contributed by atoms with E-state index in [1.807, 2.05) is 46.0 Å². The van der Waals surface area contributed by atoms with E-state index in [9.17, 15) is 10.4 Å². The number of benzene rings is 1. The highest BCUT2D eigenvalue weighted by atomic mass is 16.5. The number of anilines is 1. The summed E-state index contributed by atoms with van der Waals surface area (Å²) in [5.41, 5.74) is 11.9. The lowest BCUT2D eigenvalue weighted by atomic mass is 9.96. The molecule has 7 nitrogen and oxygen atoms in total. The van der Waals surface area contributed by atoms with Crippen LogP contribution in [-0.2, 0) is 13.7 Å². The first-order chi connectivity index (χ1) is 13.4. The quantitative estimate of drug-likeness (QED) is 0.707. The number of nitrogens with zero attached hydrogens (tertiary/aromatic N) is 4. The molecule has 0 unspecified atom stereocenters. The second-order valence-electron chi connectivity index (χ2n) is 6.51. The SMILES string of the molecule is CCOc1ccc(-c2cc(-c3c(C)nn(C)c3C)nc(N)c2C#N)cc1CO. The lowest BCUT2D eigenvalue weighted by Gasteiger charge is -2.13. The van der Waals surface area contributed by atoms with E-state index in [0.717, 1.165) is 22.5 Å². The molecule has 0 radical (unpaired) electrons. The first-order valence-corrected chi connectivity index (χ1v) is 8.99. The largest absolute Gasteiger partial charge is 0.494 e. The molecule has 0 aliphatic carbocycles. The fourth-order valence-corrected chi connectivity index (χ4v) is 3.35. The van der Waals surface area contributed by atoms with Crippen LogP contribution in [0, 0.1) is 25.2 Å². The third kappa shape index (κ3) is 3.30. The number of aryl methyl sites for hydroxylation is 2. The predicted molar refractivity (Wildman–Crippen MR) is 108 cm³/mol. The summed E-state index contributed by atoms with van der Waals surface area (Å²) in [7, 11) is 1.87. The van der Waals surface area contributed by atoms with Crippen LogP contribution in [-0.4, -0.2) is 26.5 Å². The minimum Gasteiger partial charge on any atom is -0.494 e. The first kappa shape index (κ1) is 19.4. The Hall–Kier alpha value is -3.37. The maximum absolute atomic E-state index is 9.71. The van der Waals surface area contributed by atoms with E-state index in [4.69, 9.17) is 10.5 Å². The van der Waals surface area contributed by atoms with Crippen molar-refractivity contribution in [2.45, 2.75) is 27.4 Å². The molecule has 0 bridgehead atoms. The molecular weight excluding hydrogens is 354 g/mol. The van der Waals surface area contributed by atoms with Crippen molar-refractivity contribution in [2.24, 2.45) is 7.05 Å². The number of aliphatic hydroxyl groups excluding tert-OH is 1. The van der Waals surface area contributed by atoms with E-state index in [1.54, 1.807) is 10.7 Å². The fourth-order valence-electron chi connectivity index (χ4n) is 3.35. The molecule has 0 aliphatic rings. The molecule has 3 N–H and O–H groups in total. The molecular formula is C21H23N5O2. The Balaban J connectivity index is 2.24. The van der Waals surface area contributed by atoms with E-state index in [-0.39, 0.29) is 12.4 Å². The summed E-state index contributed by atoms with van der Waals surface area (Å²) in [6.07, 6.45) is 0. The lowest BCUT2D eigenvalue weighted by Crippen LogP contribution is -2.02. The molecule has 0 aliphatic heterocycles. The Labute approximate surface area is 164 Å². The molecule has 0 spiro atoms. The highest BCUT2D eigenvalue weighted by Gasteiger charge is 2.19. The molecule has 0 saturated carbocycles. The molecule has 144 valence electrons. The van der Waals surface area contributed by atoms with Crippen LogP contribution in [0.2, 0.25) is 0 Å². The maximum atomic E-state index is 9.71. The van der Waals surface area contributed by atoms with Gasteiger partial charge in [0.2, 0.25) is 0 Å². The zero-order valence-corrected chi connectivity index (χ0v) is 16.4. The second kappa shape index (κ2) is 7.71. The van der Waals surface area contributed by atoms with Crippen molar-refractivity contribution < 1.29 is 9.84 Å². The molecule has 0 amide bonds. The number of hydrogen-bond donors (Lipinski definition) is 2. The van der Waals surface area contributed by atoms with Gasteiger partial charge in [0.25, 0.3) is 0 Å². The van der Waals surface area contributed by atoms with Gasteiger partial charge in [-0.15, -0.1) is 0 Å². The van der Waals surface area contributed by atoms with Crippen LogP contribution in [0.25, 0.3) is 22.4 Å². The van der Waals surface area contributed by atoms with Crippen LogP contribution in [0.15, 0.2) is 24.3 Å². The molecule has 3 rings (SSSR count). The van der Waals surface area contributed by atoms with Gasteiger partial charge in [0.05, 0.1) is 24.6 Å². The van der Waals surface area contributed by atoms with Gasteiger partial charge in [-0.3, -0.25) is 4.68 Å². The summed E-state index contributed by atoms with van der Waals surface area (Å²) in [6.45, 7) is 6.10. The standard InChI is InChI=1S/C21H23N5O2/c1-5-28-19-7-6-14(8-15(19)11-27)16-9-18(24-21(23)17(16)10-22)20-12(2)25-26(4)13(20)3/h6-9,27H,5,11H2,1-4H3,(H2,23,24). The molecule has 2 aromatic heterocycles. The Morgan fingerprint density at radius 2 is 2.04 bits per heavy atom. The molecule has 28 heavy (non-hydrogen) atoms. The van der Waals surface area contributed by atoms with Crippen molar-refractivity contribution in [2.75, 3.05) is 12.3 Å². The average molecular weight is 377 g/mol. The van der Waals surface area contributed by atoms with Gasteiger partial charge in [0.1, 0.15) is 23.2 Å². The third-order valence-corrected chi connectivity index (χ3v) is 4.77. The van der Waals surface area contributed by atoms with Crippen LogP contribution in [0.3, 0.4) is 0 Å². The van der Waals surface area contributed by atoms with Crippen molar-refractivity contribution >= 4 is 5.82 Å². The van der Waals surface area contributed by atoms with Gasteiger partial charge in [-0.05, 0) is 44.5 Å². The molecule has 0 fully saturated rings. The van der Waals surface area contributed by atoms with Crippen LogP contribution in [0.4, 0.5) is 5.82 Å². The fraction of sp³-hybridized carbons (Fsp3) is 0.286. The summed E-state index contributed by atoms with van der Waals surface area (Å²) < 4.78 is 7.35. The van der Waals surface area contributed by atoms with Gasteiger partial charge in [-0.2, -0.15) is 10.4 Å². The van der Waals surface area contributed by atoms with Gasteiger partial charge >= 0.3 is 0 Å². The van der Waals surface area contributed by atoms with Crippen LogP contribution in [0.1, 0.15) is 29.4 Å². The Kier molecular flexibility index (Phi) is 5.34. The molecule has 1 aromatic carbocycles. The summed E-state index contributed by atoms with van der Waals surface area (Å²) in [4.78, 5) is 4.45. The molecule has 7 heteroatoms. The van der Waals surface area contributed by atoms with Gasteiger partial charge in [-0.25, -0.2) is 4.98 Å². The van der Waals surface area contributed by atoms with E-state index in [1.165, 1.54) is 0 Å². The maximum Gasteiger partial charge on any atom is 0.142 e. The van der Waals surface area contributed by atoms with Crippen molar-refractivity contribution in [1.82, 2.24) is 14.8 Å². The number of hydrogen-bond acceptors (Lipinski definition) is 6. The predicted octanol–water partition coefficient (Wildman–Crippen LogP) is 3.11. The molecule has 3 aromatic rings. The van der Waals surface area contributed by atoms with Gasteiger partial charge in [-0.1, -0.05) is 6.07 Å². The zero-order chi connectivity index (χ0) is 20.4. The number of nitrogen functional groups attached to an aromatic ring is 1. The van der Waals surface area contributed by atoms with E-state index < -0.39 is 0 Å². The number of ether oxygens (including phenoxy) is 1. The summed E-state index contributed by atoms with van der Waals surface area (Å²) in [5, 5.41) is 23.8. The molecule has 0 saturated heterocycles. The monoisotopic (exact) mass is 377 g/mol. The third-order valence-electron chi connectivity index (χ3n) is 4.77. The Morgan fingerprint density at radius 3 is 2.61 bits per heavy atom. The zero-order valence-electron chi connectivity index (χ0n) is 16.4.